The lowest BCUT2D eigenvalue weighted by molar-refractivity contribution is 0.171. The third-order valence-electron chi connectivity index (χ3n) is 4.35. The van der Waals surface area contributed by atoms with Crippen molar-refractivity contribution in [3.63, 3.8) is 0 Å². The van der Waals surface area contributed by atoms with E-state index in [0.717, 1.165) is 29.5 Å². The van der Waals surface area contributed by atoms with Crippen molar-refractivity contribution in [3.05, 3.63) is 71.0 Å². The van der Waals surface area contributed by atoms with Gasteiger partial charge in [-0.2, -0.15) is 0 Å². The lowest BCUT2D eigenvalue weighted by Crippen LogP contribution is -2.42. The van der Waals surface area contributed by atoms with E-state index in [1.807, 2.05) is 30.3 Å². The summed E-state index contributed by atoms with van der Waals surface area (Å²) in [7, 11) is 0. The van der Waals surface area contributed by atoms with E-state index in [4.69, 9.17) is 0 Å². The number of fused-ring (bicyclic) bond motifs is 1. The quantitative estimate of drug-likeness (QED) is 0.886. The summed E-state index contributed by atoms with van der Waals surface area (Å²) >= 11 is 0. The molecule has 1 aliphatic rings. The molecule has 3 rings (SSSR count). The molecule has 2 aromatic carbocycles. The molecule has 0 radical (unpaired) electrons. The number of nitrogens with one attached hydrogen (secondary N) is 1. The molecule has 1 unspecified atom stereocenters. The fraction of sp³-hybridized carbons (Fsp3) is 0.316. The fourth-order valence-corrected chi connectivity index (χ4v) is 3.15. The Labute approximate surface area is 140 Å². The van der Waals surface area contributed by atoms with Crippen LogP contribution in [0.1, 0.15) is 29.2 Å². The summed E-state index contributed by atoms with van der Waals surface area (Å²) in [4.78, 5) is 14.2. The van der Waals surface area contributed by atoms with Crippen molar-refractivity contribution in [3.8, 4) is 0 Å². The molecule has 24 heavy (non-hydrogen) atoms. The number of hydrogen-bond donors (Lipinski definition) is 2. The second-order valence-corrected chi connectivity index (χ2v) is 6.01. The van der Waals surface area contributed by atoms with Gasteiger partial charge in [0.1, 0.15) is 5.82 Å². The van der Waals surface area contributed by atoms with E-state index in [-0.39, 0.29) is 31.0 Å². The van der Waals surface area contributed by atoms with Gasteiger partial charge in [-0.05, 0) is 41.7 Å². The first kappa shape index (κ1) is 16.5. The zero-order valence-electron chi connectivity index (χ0n) is 13.4. The number of amides is 2. The number of rotatable bonds is 5. The Morgan fingerprint density at radius 2 is 2.04 bits per heavy atom. The van der Waals surface area contributed by atoms with Gasteiger partial charge in [0.05, 0.1) is 12.6 Å². The van der Waals surface area contributed by atoms with Crippen LogP contribution in [-0.4, -0.2) is 29.2 Å². The monoisotopic (exact) mass is 328 g/mol. The summed E-state index contributed by atoms with van der Waals surface area (Å²) in [6, 6.07) is 14.1. The largest absolute Gasteiger partial charge is 0.395 e. The predicted molar refractivity (Wildman–Crippen MR) is 89.9 cm³/mol. The van der Waals surface area contributed by atoms with Crippen LogP contribution in [0, 0.1) is 5.82 Å². The molecule has 2 N–H and O–H groups in total. The van der Waals surface area contributed by atoms with Crippen LogP contribution in [0.25, 0.3) is 0 Å². The summed E-state index contributed by atoms with van der Waals surface area (Å²) in [6.45, 7) is 0.618. The predicted octanol–water partition coefficient (Wildman–Crippen LogP) is 3.02. The van der Waals surface area contributed by atoms with Crippen molar-refractivity contribution in [1.29, 1.82) is 0 Å². The van der Waals surface area contributed by atoms with E-state index < -0.39 is 0 Å². The van der Waals surface area contributed by atoms with E-state index in [0.29, 0.717) is 6.54 Å². The number of aliphatic hydroxyl groups excluding tert-OH is 1. The molecule has 0 bridgehead atoms. The maximum Gasteiger partial charge on any atom is 0.318 e. The van der Waals surface area contributed by atoms with Crippen LogP contribution >= 0.6 is 0 Å². The molecule has 0 saturated carbocycles. The molecule has 0 saturated heterocycles. The van der Waals surface area contributed by atoms with Gasteiger partial charge in [0.15, 0.2) is 0 Å². The highest BCUT2D eigenvalue weighted by molar-refractivity contribution is 5.75. The molecular weight excluding hydrogens is 307 g/mol. The summed E-state index contributed by atoms with van der Waals surface area (Å²) in [6.07, 6.45) is 1.53. The molecule has 5 heteroatoms. The van der Waals surface area contributed by atoms with Gasteiger partial charge >= 0.3 is 6.03 Å². The minimum Gasteiger partial charge on any atom is -0.395 e. The minimum absolute atomic E-state index is 0.0906. The van der Waals surface area contributed by atoms with Crippen molar-refractivity contribution in [1.82, 2.24) is 10.2 Å². The first-order valence-corrected chi connectivity index (χ1v) is 8.16. The molecule has 4 nitrogen and oxygen atoms in total. The number of nitrogens with zero attached hydrogens (tertiary/aromatic N) is 1. The molecule has 1 aliphatic carbocycles. The summed E-state index contributed by atoms with van der Waals surface area (Å²) < 4.78 is 13.3. The van der Waals surface area contributed by atoms with Crippen molar-refractivity contribution in [2.45, 2.75) is 25.4 Å². The number of aryl methyl sites for hydroxylation is 1. The lowest BCUT2D eigenvalue weighted by atomic mass is 10.1. The maximum absolute atomic E-state index is 13.3. The third kappa shape index (κ3) is 3.74. The number of aliphatic hydroxyl groups is 1. The maximum atomic E-state index is 13.3. The highest BCUT2D eigenvalue weighted by atomic mass is 19.1. The normalized spacial score (nSPS) is 15.8. The first-order chi connectivity index (χ1) is 11.7. The van der Waals surface area contributed by atoms with Gasteiger partial charge in [-0.15, -0.1) is 0 Å². The number of carbonyl (C=O) groups is 1. The second-order valence-electron chi connectivity index (χ2n) is 6.01. The van der Waals surface area contributed by atoms with Gasteiger partial charge in [-0.3, -0.25) is 0 Å². The molecule has 0 aliphatic heterocycles. The average molecular weight is 328 g/mol. The molecule has 126 valence electrons. The van der Waals surface area contributed by atoms with Gasteiger partial charge in [0, 0.05) is 13.1 Å². The summed E-state index contributed by atoms with van der Waals surface area (Å²) in [5, 5.41) is 12.3. The zero-order valence-corrected chi connectivity index (χ0v) is 13.4. The smallest absolute Gasteiger partial charge is 0.318 e. The minimum atomic E-state index is -0.244. The highest BCUT2D eigenvalue weighted by Crippen LogP contribution is 2.31. The number of urea groups is 1. The topological polar surface area (TPSA) is 52.6 Å². The molecule has 2 aromatic rings. The van der Waals surface area contributed by atoms with E-state index in [9.17, 15) is 14.3 Å². The standard InChI is InChI=1S/C19H21FN2O2/c20-16-7-8-17-15(12-16)6-9-18(17)21-19(24)22(10-11-23)13-14-4-2-1-3-5-14/h1-5,7-8,12,18,23H,6,9-11,13H2,(H,21,24). The van der Waals surface area contributed by atoms with Crippen LogP contribution in [0.15, 0.2) is 48.5 Å². The van der Waals surface area contributed by atoms with Crippen LogP contribution < -0.4 is 5.32 Å². The number of carbonyl (C=O) groups excluding carboxylic acids is 1. The van der Waals surface area contributed by atoms with Crippen molar-refractivity contribution in [2.75, 3.05) is 13.2 Å². The first-order valence-electron chi connectivity index (χ1n) is 8.16. The molecule has 1 atom stereocenters. The molecule has 0 spiro atoms. The van der Waals surface area contributed by atoms with Crippen LogP contribution in [0.5, 0.6) is 0 Å². The SMILES string of the molecule is O=C(NC1CCc2cc(F)ccc21)N(CCO)Cc1ccccc1. The van der Waals surface area contributed by atoms with Gasteiger partial charge in [0.25, 0.3) is 0 Å². The molecular formula is C19H21FN2O2. The van der Waals surface area contributed by atoms with E-state index in [1.165, 1.54) is 12.1 Å². The van der Waals surface area contributed by atoms with Gasteiger partial charge < -0.3 is 15.3 Å². The fourth-order valence-electron chi connectivity index (χ4n) is 3.15. The molecule has 0 aromatic heterocycles. The Balaban J connectivity index is 1.68. The summed E-state index contributed by atoms with van der Waals surface area (Å²) in [5.41, 5.74) is 2.94. The average Bonchev–Trinajstić information content (AvgIpc) is 2.97. The number of hydrogen-bond acceptors (Lipinski definition) is 2. The Kier molecular flexibility index (Phi) is 5.11. The second kappa shape index (κ2) is 7.45. The van der Waals surface area contributed by atoms with Crippen LogP contribution in [0.4, 0.5) is 9.18 Å². The van der Waals surface area contributed by atoms with E-state index in [2.05, 4.69) is 5.32 Å². The van der Waals surface area contributed by atoms with Crippen LogP contribution in [-0.2, 0) is 13.0 Å². The highest BCUT2D eigenvalue weighted by Gasteiger charge is 2.26. The number of halogens is 1. The molecule has 0 heterocycles. The third-order valence-corrected chi connectivity index (χ3v) is 4.35. The van der Waals surface area contributed by atoms with E-state index >= 15 is 0 Å². The number of benzene rings is 2. The Morgan fingerprint density at radius 1 is 1.25 bits per heavy atom. The van der Waals surface area contributed by atoms with Crippen LogP contribution in [0.3, 0.4) is 0 Å². The van der Waals surface area contributed by atoms with Crippen molar-refractivity contribution < 1.29 is 14.3 Å². The van der Waals surface area contributed by atoms with Crippen molar-refractivity contribution >= 4 is 6.03 Å². The van der Waals surface area contributed by atoms with Crippen molar-refractivity contribution in [2.24, 2.45) is 0 Å². The van der Waals surface area contributed by atoms with Gasteiger partial charge in [-0.1, -0.05) is 36.4 Å². The lowest BCUT2D eigenvalue weighted by Gasteiger charge is -2.25. The Morgan fingerprint density at radius 3 is 2.79 bits per heavy atom. The van der Waals surface area contributed by atoms with Crippen LogP contribution in [0.2, 0.25) is 0 Å². The summed E-state index contributed by atoms with van der Waals surface area (Å²) in [5.74, 6) is -0.244. The van der Waals surface area contributed by atoms with E-state index in [1.54, 1.807) is 11.0 Å². The Hall–Kier alpha value is -2.40. The van der Waals surface area contributed by atoms with Gasteiger partial charge in [-0.25, -0.2) is 9.18 Å². The zero-order chi connectivity index (χ0) is 16.9. The molecule has 2 amide bonds. The molecule has 0 fully saturated rings. The Bertz CT molecular complexity index is 706. The van der Waals surface area contributed by atoms with Gasteiger partial charge in [0.2, 0.25) is 0 Å².